The number of benzene rings is 2. The Morgan fingerprint density at radius 1 is 1.10 bits per heavy atom. The zero-order valence-electron chi connectivity index (χ0n) is 12.7. The van der Waals surface area contributed by atoms with E-state index < -0.39 is 0 Å². The number of ether oxygens (including phenoxy) is 1. The van der Waals surface area contributed by atoms with Gasteiger partial charge < -0.3 is 15.2 Å². The van der Waals surface area contributed by atoms with Crippen LogP contribution < -0.4 is 5.32 Å². The van der Waals surface area contributed by atoms with Gasteiger partial charge in [-0.05, 0) is 35.2 Å². The summed E-state index contributed by atoms with van der Waals surface area (Å²) in [4.78, 5) is 0. The fourth-order valence-electron chi connectivity index (χ4n) is 2.44. The van der Waals surface area contributed by atoms with E-state index in [2.05, 4.69) is 36.5 Å². The summed E-state index contributed by atoms with van der Waals surface area (Å²) in [5.74, 6) is 0.306. The first-order chi connectivity index (χ1) is 10.2. The van der Waals surface area contributed by atoms with Crippen molar-refractivity contribution in [1.29, 1.82) is 0 Å². The maximum Gasteiger partial charge on any atom is 0.115 e. The first-order valence-corrected chi connectivity index (χ1v) is 7.32. The van der Waals surface area contributed by atoms with Crippen LogP contribution in [0.3, 0.4) is 0 Å². The molecule has 0 amide bonds. The minimum Gasteiger partial charge on any atom is -0.508 e. The maximum atomic E-state index is 9.37. The van der Waals surface area contributed by atoms with E-state index in [4.69, 9.17) is 4.74 Å². The van der Waals surface area contributed by atoms with Crippen LogP contribution in [0, 0.1) is 0 Å². The van der Waals surface area contributed by atoms with Crippen molar-refractivity contribution in [2.45, 2.75) is 32.5 Å². The SMILES string of the molecule is CCC(NCc1cccc(COC)c1)c1ccc(O)cc1. The summed E-state index contributed by atoms with van der Waals surface area (Å²) in [5.41, 5.74) is 3.64. The molecule has 0 saturated heterocycles. The molecule has 0 heterocycles. The van der Waals surface area contributed by atoms with Gasteiger partial charge >= 0.3 is 0 Å². The van der Waals surface area contributed by atoms with E-state index in [9.17, 15) is 5.11 Å². The van der Waals surface area contributed by atoms with Gasteiger partial charge in [0.05, 0.1) is 6.61 Å². The van der Waals surface area contributed by atoms with Gasteiger partial charge in [-0.2, -0.15) is 0 Å². The number of hydrogen-bond acceptors (Lipinski definition) is 3. The van der Waals surface area contributed by atoms with Gasteiger partial charge in [0.2, 0.25) is 0 Å². The Bertz CT molecular complexity index is 551. The molecule has 2 aromatic carbocycles. The molecule has 3 heteroatoms. The lowest BCUT2D eigenvalue weighted by Gasteiger charge is -2.18. The largest absolute Gasteiger partial charge is 0.508 e. The highest BCUT2D eigenvalue weighted by atomic mass is 16.5. The molecule has 0 aliphatic heterocycles. The molecule has 0 aliphatic carbocycles. The second-order valence-corrected chi connectivity index (χ2v) is 5.19. The van der Waals surface area contributed by atoms with Crippen molar-refractivity contribution in [3.05, 3.63) is 65.2 Å². The summed E-state index contributed by atoms with van der Waals surface area (Å²) >= 11 is 0. The Hall–Kier alpha value is -1.84. The number of nitrogens with one attached hydrogen (secondary N) is 1. The van der Waals surface area contributed by atoms with Crippen LogP contribution in [0.1, 0.15) is 36.1 Å². The van der Waals surface area contributed by atoms with Crippen molar-refractivity contribution >= 4 is 0 Å². The maximum absolute atomic E-state index is 9.37. The summed E-state index contributed by atoms with van der Waals surface area (Å²) in [6.07, 6.45) is 1.00. The summed E-state index contributed by atoms with van der Waals surface area (Å²) in [6, 6.07) is 16.1. The highest BCUT2D eigenvalue weighted by Gasteiger charge is 2.08. The number of methoxy groups -OCH3 is 1. The molecule has 0 radical (unpaired) electrons. The first-order valence-electron chi connectivity index (χ1n) is 7.32. The highest BCUT2D eigenvalue weighted by Crippen LogP contribution is 2.20. The number of phenols is 1. The lowest BCUT2D eigenvalue weighted by atomic mass is 10.0. The van der Waals surface area contributed by atoms with E-state index in [1.165, 1.54) is 16.7 Å². The van der Waals surface area contributed by atoms with Crippen molar-refractivity contribution in [1.82, 2.24) is 5.32 Å². The monoisotopic (exact) mass is 285 g/mol. The molecular weight excluding hydrogens is 262 g/mol. The number of rotatable bonds is 7. The third kappa shape index (κ3) is 4.59. The van der Waals surface area contributed by atoms with Gasteiger partial charge in [-0.25, -0.2) is 0 Å². The van der Waals surface area contributed by atoms with Crippen molar-refractivity contribution < 1.29 is 9.84 Å². The summed E-state index contributed by atoms with van der Waals surface area (Å²) in [5, 5.41) is 12.9. The molecule has 0 aliphatic rings. The van der Waals surface area contributed by atoms with Gasteiger partial charge in [-0.15, -0.1) is 0 Å². The van der Waals surface area contributed by atoms with Gasteiger partial charge in [0.25, 0.3) is 0 Å². The molecule has 112 valence electrons. The van der Waals surface area contributed by atoms with Gasteiger partial charge in [-0.3, -0.25) is 0 Å². The minimum atomic E-state index is 0.289. The fourth-order valence-corrected chi connectivity index (χ4v) is 2.44. The van der Waals surface area contributed by atoms with Gasteiger partial charge in [0.1, 0.15) is 5.75 Å². The number of phenolic OH excluding ortho intramolecular Hbond substituents is 1. The van der Waals surface area contributed by atoms with Crippen molar-refractivity contribution in [3.63, 3.8) is 0 Å². The van der Waals surface area contributed by atoms with Gasteiger partial charge in [-0.1, -0.05) is 43.3 Å². The molecule has 2 rings (SSSR count). The predicted molar refractivity (Wildman–Crippen MR) is 85.1 cm³/mol. The summed E-state index contributed by atoms with van der Waals surface area (Å²) in [7, 11) is 1.71. The zero-order valence-corrected chi connectivity index (χ0v) is 12.7. The molecule has 0 spiro atoms. The normalized spacial score (nSPS) is 12.3. The second-order valence-electron chi connectivity index (χ2n) is 5.19. The topological polar surface area (TPSA) is 41.5 Å². The first kappa shape index (κ1) is 15.5. The molecule has 21 heavy (non-hydrogen) atoms. The van der Waals surface area contributed by atoms with E-state index in [-0.39, 0.29) is 6.04 Å². The highest BCUT2D eigenvalue weighted by molar-refractivity contribution is 5.28. The summed E-state index contributed by atoms with van der Waals surface area (Å²) in [6.45, 7) is 3.62. The van der Waals surface area contributed by atoms with Crippen LogP contribution in [-0.4, -0.2) is 12.2 Å². The Balaban J connectivity index is 1.99. The molecule has 0 aromatic heterocycles. The van der Waals surface area contributed by atoms with Crippen molar-refractivity contribution in [3.8, 4) is 5.75 Å². The van der Waals surface area contributed by atoms with Crippen molar-refractivity contribution in [2.24, 2.45) is 0 Å². The fraction of sp³-hybridized carbons (Fsp3) is 0.333. The molecule has 0 saturated carbocycles. The number of aromatic hydroxyl groups is 1. The average molecular weight is 285 g/mol. The second kappa shape index (κ2) is 7.81. The Labute approximate surface area is 126 Å². The smallest absolute Gasteiger partial charge is 0.115 e. The van der Waals surface area contributed by atoms with Crippen LogP contribution in [-0.2, 0) is 17.9 Å². The van der Waals surface area contributed by atoms with Crippen molar-refractivity contribution in [2.75, 3.05) is 7.11 Å². The Kier molecular flexibility index (Phi) is 5.78. The van der Waals surface area contributed by atoms with Crippen LogP contribution >= 0.6 is 0 Å². The van der Waals surface area contributed by atoms with Gasteiger partial charge in [0.15, 0.2) is 0 Å². The zero-order chi connectivity index (χ0) is 15.1. The predicted octanol–water partition coefficient (Wildman–Crippen LogP) is 3.78. The third-order valence-corrected chi connectivity index (χ3v) is 3.56. The van der Waals surface area contributed by atoms with E-state index in [1.807, 2.05) is 12.1 Å². The van der Waals surface area contributed by atoms with E-state index in [0.717, 1.165) is 13.0 Å². The molecule has 3 nitrogen and oxygen atoms in total. The quantitative estimate of drug-likeness (QED) is 0.813. The Morgan fingerprint density at radius 2 is 1.81 bits per heavy atom. The Morgan fingerprint density at radius 3 is 2.48 bits per heavy atom. The van der Waals surface area contributed by atoms with E-state index in [0.29, 0.717) is 12.4 Å². The molecular formula is C18H23NO2. The molecule has 0 bridgehead atoms. The molecule has 0 fully saturated rings. The standard InChI is InChI=1S/C18H23NO2/c1-3-18(16-7-9-17(20)10-8-16)19-12-14-5-4-6-15(11-14)13-21-2/h4-11,18-20H,3,12-13H2,1-2H3. The minimum absolute atomic E-state index is 0.289. The van der Waals surface area contributed by atoms with Crippen LogP contribution in [0.5, 0.6) is 5.75 Å². The lowest BCUT2D eigenvalue weighted by molar-refractivity contribution is 0.185. The van der Waals surface area contributed by atoms with E-state index in [1.54, 1.807) is 19.2 Å². The lowest BCUT2D eigenvalue weighted by Crippen LogP contribution is -2.20. The molecule has 1 atom stereocenters. The third-order valence-electron chi connectivity index (χ3n) is 3.56. The molecule has 2 aromatic rings. The number of hydrogen-bond donors (Lipinski definition) is 2. The van der Waals surface area contributed by atoms with Crippen LogP contribution in [0.4, 0.5) is 0 Å². The van der Waals surface area contributed by atoms with Crippen LogP contribution in [0.15, 0.2) is 48.5 Å². The average Bonchev–Trinajstić information content (AvgIpc) is 2.50. The molecule has 2 N–H and O–H groups in total. The van der Waals surface area contributed by atoms with Crippen LogP contribution in [0.2, 0.25) is 0 Å². The van der Waals surface area contributed by atoms with Gasteiger partial charge in [0, 0.05) is 19.7 Å². The van der Waals surface area contributed by atoms with Crippen LogP contribution in [0.25, 0.3) is 0 Å². The molecule has 1 unspecified atom stereocenters. The van der Waals surface area contributed by atoms with E-state index >= 15 is 0 Å². The summed E-state index contributed by atoms with van der Waals surface area (Å²) < 4.78 is 5.17.